The van der Waals surface area contributed by atoms with Gasteiger partial charge in [-0.3, -0.25) is 0 Å². The smallest absolute Gasteiger partial charge is 0.129 e. The van der Waals surface area contributed by atoms with Gasteiger partial charge in [-0.15, -0.1) is 0 Å². The van der Waals surface area contributed by atoms with Crippen molar-refractivity contribution in [2.24, 2.45) is 5.92 Å². The SMILES string of the molecule is CC(C)CNCc1cn(Cc2ccc(Cl)cc2F)cn1. The number of benzene rings is 1. The lowest BCUT2D eigenvalue weighted by atomic mass is 10.2. The van der Waals surface area contributed by atoms with Crippen molar-refractivity contribution in [3.8, 4) is 0 Å². The van der Waals surface area contributed by atoms with Gasteiger partial charge in [0.05, 0.1) is 18.6 Å². The van der Waals surface area contributed by atoms with Gasteiger partial charge in [0.1, 0.15) is 5.82 Å². The number of nitrogens with zero attached hydrogens (tertiary/aromatic N) is 2. The van der Waals surface area contributed by atoms with Crippen molar-refractivity contribution in [1.82, 2.24) is 14.9 Å². The number of hydrogen-bond acceptors (Lipinski definition) is 2. The summed E-state index contributed by atoms with van der Waals surface area (Å²) in [5, 5.41) is 3.74. The highest BCUT2D eigenvalue weighted by Gasteiger charge is 2.05. The van der Waals surface area contributed by atoms with Crippen molar-refractivity contribution in [1.29, 1.82) is 0 Å². The molecule has 20 heavy (non-hydrogen) atoms. The van der Waals surface area contributed by atoms with Crippen LogP contribution in [0.1, 0.15) is 25.1 Å². The summed E-state index contributed by atoms with van der Waals surface area (Å²) in [7, 11) is 0. The fraction of sp³-hybridized carbons (Fsp3) is 0.400. The molecule has 1 aromatic carbocycles. The molecular weight excluding hydrogens is 277 g/mol. The molecule has 0 bridgehead atoms. The van der Waals surface area contributed by atoms with Crippen LogP contribution in [0.25, 0.3) is 0 Å². The molecule has 3 nitrogen and oxygen atoms in total. The molecule has 1 heterocycles. The fourth-order valence-corrected chi connectivity index (χ4v) is 2.08. The van der Waals surface area contributed by atoms with E-state index in [9.17, 15) is 4.39 Å². The van der Waals surface area contributed by atoms with E-state index in [-0.39, 0.29) is 5.82 Å². The monoisotopic (exact) mass is 295 g/mol. The van der Waals surface area contributed by atoms with Gasteiger partial charge in [-0.1, -0.05) is 31.5 Å². The number of halogens is 2. The van der Waals surface area contributed by atoms with Crippen molar-refractivity contribution < 1.29 is 4.39 Å². The lowest BCUT2D eigenvalue weighted by molar-refractivity contribution is 0.548. The molecule has 0 amide bonds. The molecule has 0 aliphatic rings. The zero-order chi connectivity index (χ0) is 14.5. The second-order valence-electron chi connectivity index (χ2n) is 5.30. The maximum absolute atomic E-state index is 13.7. The normalized spacial score (nSPS) is 11.2. The third kappa shape index (κ3) is 4.32. The molecular formula is C15H19ClFN3. The van der Waals surface area contributed by atoms with Crippen molar-refractivity contribution in [3.63, 3.8) is 0 Å². The van der Waals surface area contributed by atoms with Crippen LogP contribution in [0, 0.1) is 11.7 Å². The molecule has 0 saturated carbocycles. The molecule has 0 atom stereocenters. The Morgan fingerprint density at radius 2 is 2.20 bits per heavy atom. The standard InChI is InChI=1S/C15H19ClFN3/c1-11(2)6-18-7-14-9-20(10-19-14)8-12-3-4-13(16)5-15(12)17/h3-5,9-11,18H,6-8H2,1-2H3. The Hall–Kier alpha value is -1.39. The molecule has 1 aromatic heterocycles. The van der Waals surface area contributed by atoms with Gasteiger partial charge in [0.2, 0.25) is 0 Å². The van der Waals surface area contributed by atoms with Crippen LogP contribution in [0.2, 0.25) is 5.02 Å². The van der Waals surface area contributed by atoms with Gasteiger partial charge in [0.25, 0.3) is 0 Å². The minimum Gasteiger partial charge on any atom is -0.333 e. The minimum atomic E-state index is -0.286. The second kappa shape index (κ2) is 6.86. The lowest BCUT2D eigenvalue weighted by Gasteiger charge is -2.05. The van der Waals surface area contributed by atoms with Crippen LogP contribution < -0.4 is 5.32 Å². The summed E-state index contributed by atoms with van der Waals surface area (Å²) in [4.78, 5) is 4.31. The number of nitrogens with one attached hydrogen (secondary N) is 1. The van der Waals surface area contributed by atoms with Crippen LogP contribution in [0.5, 0.6) is 0 Å². The summed E-state index contributed by atoms with van der Waals surface area (Å²) in [6.45, 7) is 6.47. The van der Waals surface area contributed by atoms with E-state index in [1.807, 2.05) is 10.8 Å². The molecule has 0 aliphatic carbocycles. The number of rotatable bonds is 6. The lowest BCUT2D eigenvalue weighted by Crippen LogP contribution is -2.19. The third-order valence-electron chi connectivity index (χ3n) is 2.91. The second-order valence-corrected chi connectivity index (χ2v) is 5.73. The van der Waals surface area contributed by atoms with Gasteiger partial charge in [0, 0.05) is 23.3 Å². The van der Waals surface area contributed by atoms with Gasteiger partial charge in [-0.05, 0) is 24.6 Å². The number of imidazole rings is 1. The van der Waals surface area contributed by atoms with Crippen LogP contribution >= 0.6 is 11.6 Å². The first-order valence-electron chi connectivity index (χ1n) is 6.70. The Morgan fingerprint density at radius 3 is 2.90 bits per heavy atom. The van der Waals surface area contributed by atoms with Crippen LogP contribution in [-0.4, -0.2) is 16.1 Å². The van der Waals surface area contributed by atoms with E-state index in [4.69, 9.17) is 11.6 Å². The largest absolute Gasteiger partial charge is 0.333 e. The maximum Gasteiger partial charge on any atom is 0.129 e. The molecule has 108 valence electrons. The molecule has 5 heteroatoms. The van der Waals surface area contributed by atoms with Crippen molar-refractivity contribution in [3.05, 3.63) is 52.8 Å². The van der Waals surface area contributed by atoms with Crippen molar-refractivity contribution >= 4 is 11.6 Å². The van der Waals surface area contributed by atoms with E-state index in [0.29, 0.717) is 23.0 Å². The minimum absolute atomic E-state index is 0.286. The molecule has 0 fully saturated rings. The van der Waals surface area contributed by atoms with Crippen LogP contribution in [0.15, 0.2) is 30.7 Å². The van der Waals surface area contributed by atoms with E-state index in [1.54, 1.807) is 18.5 Å². The topological polar surface area (TPSA) is 29.9 Å². The van der Waals surface area contributed by atoms with Gasteiger partial charge in [-0.25, -0.2) is 9.37 Å². The Morgan fingerprint density at radius 1 is 1.40 bits per heavy atom. The van der Waals surface area contributed by atoms with E-state index >= 15 is 0 Å². The summed E-state index contributed by atoms with van der Waals surface area (Å²) < 4.78 is 15.6. The highest BCUT2D eigenvalue weighted by atomic mass is 35.5. The average Bonchev–Trinajstić information content (AvgIpc) is 2.80. The summed E-state index contributed by atoms with van der Waals surface area (Å²) in [6, 6.07) is 4.73. The summed E-state index contributed by atoms with van der Waals surface area (Å²) in [5.74, 6) is 0.325. The van der Waals surface area contributed by atoms with E-state index < -0.39 is 0 Å². The van der Waals surface area contributed by atoms with Crippen molar-refractivity contribution in [2.45, 2.75) is 26.9 Å². The van der Waals surface area contributed by atoms with Crippen molar-refractivity contribution in [2.75, 3.05) is 6.54 Å². The highest BCUT2D eigenvalue weighted by Crippen LogP contribution is 2.15. The molecule has 0 unspecified atom stereocenters. The summed E-state index contributed by atoms with van der Waals surface area (Å²) >= 11 is 5.74. The Bertz CT molecular complexity index is 566. The zero-order valence-corrected chi connectivity index (χ0v) is 12.5. The van der Waals surface area contributed by atoms with Crippen LogP contribution in [0.3, 0.4) is 0 Å². The maximum atomic E-state index is 13.7. The Kier molecular flexibility index (Phi) is 5.15. The number of aromatic nitrogens is 2. The molecule has 2 rings (SSSR count). The fourth-order valence-electron chi connectivity index (χ4n) is 1.92. The Balaban J connectivity index is 1.95. The first-order valence-corrected chi connectivity index (χ1v) is 7.07. The van der Waals surface area contributed by atoms with Crippen LogP contribution in [-0.2, 0) is 13.1 Å². The summed E-state index contributed by atoms with van der Waals surface area (Å²) in [5.41, 5.74) is 1.56. The van der Waals surface area contributed by atoms with Crippen LogP contribution in [0.4, 0.5) is 4.39 Å². The third-order valence-corrected chi connectivity index (χ3v) is 3.15. The molecule has 1 N–H and O–H groups in total. The molecule has 0 radical (unpaired) electrons. The highest BCUT2D eigenvalue weighted by molar-refractivity contribution is 6.30. The predicted molar refractivity (Wildman–Crippen MR) is 79.3 cm³/mol. The zero-order valence-electron chi connectivity index (χ0n) is 11.7. The quantitative estimate of drug-likeness (QED) is 0.884. The first kappa shape index (κ1) is 15.0. The van der Waals surface area contributed by atoms with E-state index in [0.717, 1.165) is 18.8 Å². The van der Waals surface area contributed by atoms with Gasteiger partial charge < -0.3 is 9.88 Å². The molecule has 0 saturated heterocycles. The number of hydrogen-bond donors (Lipinski definition) is 1. The summed E-state index contributed by atoms with van der Waals surface area (Å²) in [6.07, 6.45) is 3.65. The predicted octanol–water partition coefficient (Wildman–Crippen LogP) is 3.47. The molecule has 0 aliphatic heterocycles. The molecule has 0 spiro atoms. The van der Waals surface area contributed by atoms with Gasteiger partial charge >= 0.3 is 0 Å². The molecule has 2 aromatic rings. The van der Waals surface area contributed by atoms with E-state index in [1.165, 1.54) is 6.07 Å². The van der Waals surface area contributed by atoms with Gasteiger partial charge in [-0.2, -0.15) is 0 Å². The van der Waals surface area contributed by atoms with Gasteiger partial charge in [0.15, 0.2) is 0 Å². The first-order chi connectivity index (χ1) is 9.54. The average molecular weight is 296 g/mol. The Labute approximate surface area is 123 Å². The van der Waals surface area contributed by atoms with E-state index in [2.05, 4.69) is 24.1 Å².